The van der Waals surface area contributed by atoms with Crippen molar-refractivity contribution in [2.45, 2.75) is 32.1 Å². The molecule has 5 heteroatoms. The highest BCUT2D eigenvalue weighted by Gasteiger charge is 2.24. The average molecular weight is 419 g/mol. The maximum Gasteiger partial charge on any atom is 0.407 e. The second kappa shape index (κ2) is 9.29. The van der Waals surface area contributed by atoms with Crippen molar-refractivity contribution in [3.8, 4) is 0 Å². The molecule has 0 saturated carbocycles. The van der Waals surface area contributed by atoms with Gasteiger partial charge in [0.1, 0.15) is 5.82 Å². The van der Waals surface area contributed by atoms with Gasteiger partial charge in [0, 0.05) is 30.5 Å². The van der Waals surface area contributed by atoms with Crippen molar-refractivity contribution < 1.29 is 19.1 Å². The van der Waals surface area contributed by atoms with E-state index in [-0.39, 0.29) is 17.5 Å². The summed E-state index contributed by atoms with van der Waals surface area (Å²) in [6, 6.07) is 18.2. The number of Topliss-reactive ketones (excluding diaryl/α,β-unsaturated/α-hetero) is 1. The number of fused-ring (bicyclic) bond motifs is 2. The molecule has 0 aliphatic heterocycles. The summed E-state index contributed by atoms with van der Waals surface area (Å²) < 4.78 is 14.0. The molecule has 0 fully saturated rings. The Kier molecular flexibility index (Phi) is 6.31. The monoisotopic (exact) mass is 419 g/mol. The zero-order chi connectivity index (χ0) is 21.8. The van der Waals surface area contributed by atoms with Crippen LogP contribution in [-0.2, 0) is 12.8 Å². The van der Waals surface area contributed by atoms with Crippen molar-refractivity contribution in [1.82, 2.24) is 4.90 Å². The Hall–Kier alpha value is -3.21. The normalized spacial score (nSPS) is 15.6. The van der Waals surface area contributed by atoms with Gasteiger partial charge in [0.15, 0.2) is 5.78 Å². The Bertz CT molecular complexity index is 1110. The smallest absolute Gasteiger partial charge is 0.407 e. The second-order valence-electron chi connectivity index (χ2n) is 8.27. The van der Waals surface area contributed by atoms with Crippen LogP contribution in [0.4, 0.5) is 9.18 Å². The summed E-state index contributed by atoms with van der Waals surface area (Å²) in [5.74, 6) is 0.183. The minimum Gasteiger partial charge on any atom is -0.465 e. The van der Waals surface area contributed by atoms with Crippen LogP contribution in [-0.4, -0.2) is 35.0 Å². The van der Waals surface area contributed by atoms with Gasteiger partial charge < -0.3 is 10.0 Å². The molecule has 1 atom stereocenters. The van der Waals surface area contributed by atoms with Crippen LogP contribution in [0.3, 0.4) is 0 Å². The third-order valence-corrected chi connectivity index (χ3v) is 6.22. The average Bonchev–Trinajstić information content (AvgIpc) is 2.77. The Morgan fingerprint density at radius 2 is 1.71 bits per heavy atom. The van der Waals surface area contributed by atoms with Crippen LogP contribution in [0, 0.1) is 11.7 Å². The van der Waals surface area contributed by atoms with Crippen LogP contribution in [0.15, 0.2) is 60.7 Å². The van der Waals surface area contributed by atoms with E-state index in [1.165, 1.54) is 11.0 Å². The topological polar surface area (TPSA) is 57.6 Å². The molecule has 1 aliphatic carbocycles. The molecule has 0 unspecified atom stereocenters. The molecular weight excluding hydrogens is 393 g/mol. The van der Waals surface area contributed by atoms with Gasteiger partial charge in [0.05, 0.1) is 0 Å². The van der Waals surface area contributed by atoms with E-state index in [1.54, 1.807) is 18.2 Å². The Morgan fingerprint density at radius 1 is 0.968 bits per heavy atom. The number of carbonyl (C=O) groups is 2. The molecule has 0 heterocycles. The number of rotatable bonds is 7. The number of carbonyl (C=O) groups excluding carboxylic acids is 1. The molecule has 3 aromatic carbocycles. The third kappa shape index (κ3) is 4.76. The van der Waals surface area contributed by atoms with Gasteiger partial charge in [-0.15, -0.1) is 0 Å². The molecule has 3 aromatic rings. The lowest BCUT2D eigenvalue weighted by Gasteiger charge is -2.25. The number of nitrogens with zero attached hydrogens (tertiary/aromatic N) is 1. The van der Waals surface area contributed by atoms with E-state index in [0.29, 0.717) is 31.3 Å². The van der Waals surface area contributed by atoms with E-state index in [0.717, 1.165) is 41.3 Å². The zero-order valence-electron chi connectivity index (χ0n) is 17.4. The van der Waals surface area contributed by atoms with Crippen molar-refractivity contribution in [3.63, 3.8) is 0 Å². The van der Waals surface area contributed by atoms with Gasteiger partial charge in [-0.1, -0.05) is 54.6 Å². The summed E-state index contributed by atoms with van der Waals surface area (Å²) in [6.45, 7) is 0.790. The molecule has 1 amide bonds. The Morgan fingerprint density at radius 3 is 2.52 bits per heavy atom. The largest absolute Gasteiger partial charge is 0.465 e. The lowest BCUT2D eigenvalue weighted by molar-refractivity contribution is 0.0942. The first kappa shape index (κ1) is 21.0. The molecule has 4 rings (SSSR count). The van der Waals surface area contributed by atoms with Crippen LogP contribution in [0.1, 0.15) is 40.7 Å². The fourth-order valence-electron chi connectivity index (χ4n) is 4.60. The van der Waals surface area contributed by atoms with E-state index < -0.39 is 6.09 Å². The van der Waals surface area contributed by atoms with Crippen LogP contribution in [0.2, 0.25) is 0 Å². The van der Waals surface area contributed by atoms with E-state index in [4.69, 9.17) is 0 Å². The van der Waals surface area contributed by atoms with Crippen molar-refractivity contribution in [1.29, 1.82) is 0 Å². The van der Waals surface area contributed by atoms with Crippen molar-refractivity contribution in [2.24, 2.45) is 5.92 Å². The first-order valence-electron chi connectivity index (χ1n) is 10.8. The standard InChI is InChI=1S/C26H26FNO3/c27-24-12-11-19(21-8-3-4-10-23(21)24)13-15-28(26(30)31)14-5-6-18-16-20-7-1-2-9-22(20)25(29)17-18/h1-4,7-12,18H,5-6,13-17H2,(H,30,31)/t18-/m1/s1. The molecule has 0 bridgehead atoms. The Balaban J connectivity index is 1.34. The van der Waals surface area contributed by atoms with Crippen LogP contribution >= 0.6 is 0 Å². The summed E-state index contributed by atoms with van der Waals surface area (Å²) >= 11 is 0. The molecule has 0 radical (unpaired) electrons. The zero-order valence-corrected chi connectivity index (χ0v) is 17.4. The number of ketones is 1. The summed E-state index contributed by atoms with van der Waals surface area (Å²) in [5.41, 5.74) is 2.87. The van der Waals surface area contributed by atoms with Crippen LogP contribution in [0.25, 0.3) is 10.8 Å². The molecule has 160 valence electrons. The number of hydrogen-bond donors (Lipinski definition) is 1. The van der Waals surface area contributed by atoms with E-state index in [9.17, 15) is 19.1 Å². The summed E-state index contributed by atoms with van der Waals surface area (Å²) in [7, 11) is 0. The molecule has 0 saturated heterocycles. The second-order valence-corrected chi connectivity index (χ2v) is 8.27. The maximum atomic E-state index is 14.0. The maximum absolute atomic E-state index is 14.0. The first-order valence-corrected chi connectivity index (χ1v) is 10.8. The number of halogens is 1. The van der Waals surface area contributed by atoms with E-state index >= 15 is 0 Å². The SMILES string of the molecule is O=C1C[C@H](CCCN(CCc2ccc(F)c3ccccc23)C(=O)O)Cc2ccccc21. The van der Waals surface area contributed by atoms with Crippen molar-refractivity contribution in [2.75, 3.05) is 13.1 Å². The minimum absolute atomic E-state index is 0.185. The number of hydrogen-bond acceptors (Lipinski definition) is 2. The summed E-state index contributed by atoms with van der Waals surface area (Å²) in [5, 5.41) is 11.0. The molecule has 0 spiro atoms. The quantitative estimate of drug-likeness (QED) is 0.532. The molecule has 1 aliphatic rings. The minimum atomic E-state index is -0.948. The van der Waals surface area contributed by atoms with Gasteiger partial charge in [-0.25, -0.2) is 9.18 Å². The summed E-state index contributed by atoms with van der Waals surface area (Å²) in [6.07, 6.45) is 2.53. The molecule has 0 aromatic heterocycles. The number of carboxylic acid groups (broad SMARTS) is 1. The predicted octanol–water partition coefficient (Wildman–Crippen LogP) is 5.73. The fraction of sp³-hybridized carbons (Fsp3) is 0.308. The highest BCUT2D eigenvalue weighted by Crippen LogP contribution is 2.28. The van der Waals surface area contributed by atoms with Gasteiger partial charge in [0.25, 0.3) is 0 Å². The molecular formula is C26H26FNO3. The molecule has 4 nitrogen and oxygen atoms in total. The van der Waals surface area contributed by atoms with Crippen molar-refractivity contribution in [3.05, 3.63) is 83.2 Å². The number of amides is 1. The Labute approximate surface area is 181 Å². The summed E-state index contributed by atoms with van der Waals surface area (Å²) in [4.78, 5) is 25.5. The first-order chi connectivity index (χ1) is 15.0. The fourth-order valence-corrected chi connectivity index (χ4v) is 4.60. The van der Waals surface area contributed by atoms with Gasteiger partial charge in [-0.05, 0) is 54.2 Å². The van der Waals surface area contributed by atoms with Gasteiger partial charge in [-0.2, -0.15) is 0 Å². The van der Waals surface area contributed by atoms with Crippen LogP contribution < -0.4 is 0 Å². The highest BCUT2D eigenvalue weighted by atomic mass is 19.1. The lowest BCUT2D eigenvalue weighted by atomic mass is 9.81. The third-order valence-electron chi connectivity index (χ3n) is 6.22. The van der Waals surface area contributed by atoms with E-state index in [2.05, 4.69) is 0 Å². The van der Waals surface area contributed by atoms with Gasteiger partial charge in [-0.3, -0.25) is 4.79 Å². The highest BCUT2D eigenvalue weighted by molar-refractivity contribution is 5.98. The van der Waals surface area contributed by atoms with Crippen LogP contribution in [0.5, 0.6) is 0 Å². The van der Waals surface area contributed by atoms with Gasteiger partial charge >= 0.3 is 6.09 Å². The predicted molar refractivity (Wildman–Crippen MR) is 119 cm³/mol. The van der Waals surface area contributed by atoms with Crippen molar-refractivity contribution >= 4 is 22.6 Å². The molecule has 1 N–H and O–H groups in total. The lowest BCUT2D eigenvalue weighted by Crippen LogP contribution is -2.33. The van der Waals surface area contributed by atoms with E-state index in [1.807, 2.05) is 36.4 Å². The van der Waals surface area contributed by atoms with Gasteiger partial charge in [0.2, 0.25) is 0 Å². The molecule has 31 heavy (non-hydrogen) atoms. The number of benzene rings is 3.